The average Bonchev–Trinajstić information content (AvgIpc) is 2.68. The molecule has 2 unspecified atom stereocenters. The molecule has 2 rings (SSSR count). The predicted octanol–water partition coefficient (Wildman–Crippen LogP) is 1.97. The summed E-state index contributed by atoms with van der Waals surface area (Å²) >= 11 is 0. The zero-order valence-electron chi connectivity index (χ0n) is 11.8. The van der Waals surface area contributed by atoms with Crippen LogP contribution in [-0.2, 0) is 23.4 Å². The molecule has 0 saturated carbocycles. The van der Waals surface area contributed by atoms with E-state index in [-0.39, 0.29) is 12.1 Å². The van der Waals surface area contributed by atoms with Crippen LogP contribution in [0.1, 0.15) is 6.42 Å². The van der Waals surface area contributed by atoms with E-state index in [0.717, 1.165) is 11.3 Å². The van der Waals surface area contributed by atoms with Crippen molar-refractivity contribution in [2.75, 3.05) is 13.7 Å². The second kappa shape index (κ2) is 5.48. The highest BCUT2D eigenvalue weighted by atomic mass is 28.4. The Morgan fingerprint density at radius 2 is 2.11 bits per heavy atom. The quantitative estimate of drug-likeness (QED) is 0.583. The third-order valence-electron chi connectivity index (χ3n) is 2.80. The number of carbonyl (C=O) groups is 1. The maximum absolute atomic E-state index is 11.3. The second-order valence-electron chi connectivity index (χ2n) is 5.56. The van der Waals surface area contributed by atoms with Crippen molar-refractivity contribution in [3.05, 3.63) is 23.5 Å². The Bertz CT molecular complexity index is 421. The molecule has 0 bridgehead atoms. The van der Waals surface area contributed by atoms with Crippen LogP contribution in [-0.4, -0.2) is 40.4 Å². The van der Waals surface area contributed by atoms with Crippen molar-refractivity contribution in [1.29, 1.82) is 0 Å². The summed E-state index contributed by atoms with van der Waals surface area (Å²) in [5, 5.41) is 0. The Balaban J connectivity index is 2.06. The molecule has 0 aromatic carbocycles. The van der Waals surface area contributed by atoms with Gasteiger partial charge >= 0.3 is 5.97 Å². The first kappa shape index (κ1) is 14.3. The van der Waals surface area contributed by atoms with Gasteiger partial charge in [-0.25, -0.2) is 4.79 Å². The third kappa shape index (κ3) is 3.68. The van der Waals surface area contributed by atoms with Crippen molar-refractivity contribution in [2.24, 2.45) is 0 Å². The maximum atomic E-state index is 11.3. The number of rotatable bonds is 4. The van der Waals surface area contributed by atoms with Crippen molar-refractivity contribution >= 4 is 14.3 Å². The van der Waals surface area contributed by atoms with E-state index in [1.807, 2.05) is 6.08 Å². The lowest BCUT2D eigenvalue weighted by molar-refractivity contribution is -0.156. The second-order valence-corrected chi connectivity index (χ2v) is 9.99. The third-order valence-corrected chi connectivity index (χ3v) is 3.67. The summed E-state index contributed by atoms with van der Waals surface area (Å²) in [4.78, 5) is 11.3. The van der Waals surface area contributed by atoms with Gasteiger partial charge in [-0.15, -0.1) is 0 Å². The molecule has 0 radical (unpaired) electrons. The minimum absolute atomic E-state index is 0.215. The highest BCUT2D eigenvalue weighted by Gasteiger charge is 2.35. The van der Waals surface area contributed by atoms with Gasteiger partial charge in [-0.3, -0.25) is 0 Å². The Hall–Kier alpha value is -1.11. The summed E-state index contributed by atoms with van der Waals surface area (Å²) in [5.74, 6) is 0.554. The van der Waals surface area contributed by atoms with Gasteiger partial charge in [0, 0.05) is 25.2 Å². The van der Waals surface area contributed by atoms with Crippen molar-refractivity contribution in [3.8, 4) is 0 Å². The van der Waals surface area contributed by atoms with Crippen LogP contribution in [0.5, 0.6) is 0 Å². The standard InChI is InChI=1S/C13H20O5Si/c1-15-13-10(8-12(14)17-13)11-7-9(5-6-16-11)18-19(2,3)4/h5,8,11,13H,6-7H2,1-4H3. The highest BCUT2D eigenvalue weighted by molar-refractivity contribution is 6.70. The molecule has 19 heavy (non-hydrogen) atoms. The van der Waals surface area contributed by atoms with E-state index in [2.05, 4.69) is 19.6 Å². The zero-order valence-corrected chi connectivity index (χ0v) is 12.8. The fourth-order valence-electron chi connectivity index (χ4n) is 2.11. The molecule has 0 N–H and O–H groups in total. The van der Waals surface area contributed by atoms with Crippen LogP contribution in [0.15, 0.2) is 23.5 Å². The molecule has 106 valence electrons. The summed E-state index contributed by atoms with van der Waals surface area (Å²) in [5.41, 5.74) is 0.734. The van der Waals surface area contributed by atoms with E-state index in [1.54, 1.807) is 0 Å². The summed E-state index contributed by atoms with van der Waals surface area (Å²) in [6, 6.07) is 0. The van der Waals surface area contributed by atoms with Crippen molar-refractivity contribution in [1.82, 2.24) is 0 Å². The molecule has 2 aliphatic rings. The predicted molar refractivity (Wildman–Crippen MR) is 71.8 cm³/mol. The molecule has 0 aromatic heterocycles. The van der Waals surface area contributed by atoms with E-state index in [0.29, 0.717) is 13.0 Å². The first-order valence-electron chi connectivity index (χ1n) is 6.33. The van der Waals surface area contributed by atoms with Crippen LogP contribution in [0.4, 0.5) is 0 Å². The molecule has 0 aliphatic carbocycles. The van der Waals surface area contributed by atoms with Crippen LogP contribution >= 0.6 is 0 Å². The maximum Gasteiger partial charge on any atom is 0.333 e. The number of hydrogen-bond acceptors (Lipinski definition) is 5. The van der Waals surface area contributed by atoms with E-state index in [9.17, 15) is 4.79 Å². The van der Waals surface area contributed by atoms with Gasteiger partial charge in [0.2, 0.25) is 14.6 Å². The van der Waals surface area contributed by atoms with Gasteiger partial charge in [-0.1, -0.05) is 0 Å². The Morgan fingerprint density at radius 3 is 2.74 bits per heavy atom. The minimum atomic E-state index is -1.63. The SMILES string of the molecule is COC1OC(=O)C=C1C1CC(O[Si](C)(C)C)=CCO1. The smallest absolute Gasteiger partial charge is 0.333 e. The summed E-state index contributed by atoms with van der Waals surface area (Å²) in [7, 11) is -0.116. The summed E-state index contributed by atoms with van der Waals surface area (Å²) in [6.07, 6.45) is 3.17. The Morgan fingerprint density at radius 1 is 1.37 bits per heavy atom. The molecule has 0 saturated heterocycles. The van der Waals surface area contributed by atoms with Crippen molar-refractivity contribution in [2.45, 2.75) is 38.5 Å². The minimum Gasteiger partial charge on any atom is -0.547 e. The van der Waals surface area contributed by atoms with Crippen molar-refractivity contribution in [3.63, 3.8) is 0 Å². The largest absolute Gasteiger partial charge is 0.547 e. The van der Waals surface area contributed by atoms with E-state index >= 15 is 0 Å². The van der Waals surface area contributed by atoms with Crippen LogP contribution in [0.2, 0.25) is 19.6 Å². The van der Waals surface area contributed by atoms with Gasteiger partial charge in [-0.05, 0) is 25.7 Å². The molecule has 0 spiro atoms. The number of ether oxygens (including phenoxy) is 3. The molecular weight excluding hydrogens is 264 g/mol. The van der Waals surface area contributed by atoms with Gasteiger partial charge in [0.25, 0.3) is 0 Å². The lowest BCUT2D eigenvalue weighted by Gasteiger charge is -2.29. The molecule has 5 nitrogen and oxygen atoms in total. The number of cyclic esters (lactones) is 1. The van der Waals surface area contributed by atoms with Crippen LogP contribution in [0.3, 0.4) is 0 Å². The molecule has 2 heterocycles. The topological polar surface area (TPSA) is 54.0 Å². The summed E-state index contributed by atoms with van der Waals surface area (Å²) < 4.78 is 21.8. The molecular formula is C13H20O5Si. The van der Waals surface area contributed by atoms with Gasteiger partial charge < -0.3 is 18.6 Å². The highest BCUT2D eigenvalue weighted by Crippen LogP contribution is 2.29. The van der Waals surface area contributed by atoms with Gasteiger partial charge in [-0.2, -0.15) is 0 Å². The first-order chi connectivity index (χ1) is 8.89. The zero-order chi connectivity index (χ0) is 14.0. The van der Waals surface area contributed by atoms with Gasteiger partial charge in [0.1, 0.15) is 0 Å². The van der Waals surface area contributed by atoms with Crippen LogP contribution < -0.4 is 0 Å². The first-order valence-corrected chi connectivity index (χ1v) is 9.74. The molecule has 2 aliphatic heterocycles. The normalized spacial score (nSPS) is 27.7. The molecule has 2 atom stereocenters. The molecule has 0 fully saturated rings. The monoisotopic (exact) mass is 284 g/mol. The van der Waals surface area contributed by atoms with Gasteiger partial charge in [0.15, 0.2) is 0 Å². The fourth-order valence-corrected chi connectivity index (χ4v) is 3.07. The number of carbonyl (C=O) groups excluding carboxylic acids is 1. The fraction of sp³-hybridized carbons (Fsp3) is 0.615. The summed E-state index contributed by atoms with van der Waals surface area (Å²) in [6.45, 7) is 6.89. The van der Waals surface area contributed by atoms with Crippen molar-refractivity contribution < 1.29 is 23.4 Å². The molecule has 0 amide bonds. The molecule has 0 aromatic rings. The average molecular weight is 284 g/mol. The van der Waals surface area contributed by atoms with Crippen LogP contribution in [0, 0.1) is 0 Å². The van der Waals surface area contributed by atoms with Crippen LogP contribution in [0.25, 0.3) is 0 Å². The number of hydrogen-bond donors (Lipinski definition) is 0. The number of methoxy groups -OCH3 is 1. The Kier molecular flexibility index (Phi) is 4.12. The van der Waals surface area contributed by atoms with E-state index in [4.69, 9.17) is 18.6 Å². The number of esters is 1. The van der Waals surface area contributed by atoms with E-state index < -0.39 is 14.6 Å². The lowest BCUT2D eigenvalue weighted by Crippen LogP contribution is -2.32. The lowest BCUT2D eigenvalue weighted by atomic mass is 10.0. The Labute approximate surface area is 114 Å². The molecule has 6 heteroatoms. The van der Waals surface area contributed by atoms with E-state index in [1.165, 1.54) is 13.2 Å². The van der Waals surface area contributed by atoms with Gasteiger partial charge in [0.05, 0.1) is 18.5 Å².